The lowest BCUT2D eigenvalue weighted by Gasteiger charge is -2.26. The Labute approximate surface area is 135 Å². The smallest absolute Gasteiger partial charge is 0.177 e. The molecule has 114 valence electrons. The van der Waals surface area contributed by atoms with Crippen LogP contribution in [0.4, 0.5) is 11.4 Å². The first kappa shape index (κ1) is 14.7. The zero-order valence-corrected chi connectivity index (χ0v) is 13.2. The molecule has 22 heavy (non-hydrogen) atoms. The molecule has 0 aliphatic carbocycles. The lowest BCUT2D eigenvalue weighted by atomic mass is 10.2. The zero-order valence-electron chi connectivity index (χ0n) is 12.4. The molecule has 0 atom stereocenters. The molecular weight excluding hydrogens is 296 g/mol. The van der Waals surface area contributed by atoms with Gasteiger partial charge >= 0.3 is 0 Å². The van der Waals surface area contributed by atoms with E-state index in [1.807, 2.05) is 53.4 Å². The number of benzene rings is 2. The number of fused-ring (bicyclic) bond motifs is 1. The van der Waals surface area contributed by atoms with Crippen molar-refractivity contribution in [1.29, 1.82) is 0 Å². The summed E-state index contributed by atoms with van der Waals surface area (Å²) in [6.45, 7) is 4.00. The number of nitrogens with one attached hydrogen (secondary N) is 1. The largest absolute Gasteiger partial charge is 0.486 e. The third-order valence-electron chi connectivity index (χ3n) is 3.42. The Balaban J connectivity index is 1.80. The van der Waals surface area contributed by atoms with Crippen LogP contribution in [0.25, 0.3) is 0 Å². The molecule has 2 aromatic rings. The number of para-hydroxylation sites is 1. The van der Waals surface area contributed by atoms with Crippen LogP contribution >= 0.6 is 12.2 Å². The highest BCUT2D eigenvalue weighted by atomic mass is 32.1. The maximum Gasteiger partial charge on any atom is 0.177 e. The first-order valence-electron chi connectivity index (χ1n) is 7.31. The van der Waals surface area contributed by atoms with Crippen LogP contribution in [0.15, 0.2) is 48.5 Å². The normalized spacial score (nSPS) is 12.6. The van der Waals surface area contributed by atoms with Gasteiger partial charge in [0.05, 0.1) is 0 Å². The highest BCUT2D eigenvalue weighted by molar-refractivity contribution is 7.80. The summed E-state index contributed by atoms with van der Waals surface area (Å²) in [7, 11) is 0. The van der Waals surface area contributed by atoms with Crippen molar-refractivity contribution in [3.8, 4) is 11.5 Å². The van der Waals surface area contributed by atoms with E-state index in [0.717, 1.165) is 29.4 Å². The Kier molecular flexibility index (Phi) is 4.44. The van der Waals surface area contributed by atoms with E-state index < -0.39 is 0 Å². The van der Waals surface area contributed by atoms with Gasteiger partial charge in [-0.15, -0.1) is 0 Å². The van der Waals surface area contributed by atoms with Crippen LogP contribution < -0.4 is 19.7 Å². The van der Waals surface area contributed by atoms with E-state index >= 15 is 0 Å². The number of ether oxygens (including phenoxy) is 2. The van der Waals surface area contributed by atoms with Crippen molar-refractivity contribution in [3.05, 3.63) is 48.5 Å². The summed E-state index contributed by atoms with van der Waals surface area (Å²) >= 11 is 5.54. The van der Waals surface area contributed by atoms with Gasteiger partial charge in [-0.3, -0.25) is 0 Å². The molecule has 1 N–H and O–H groups in total. The molecule has 2 aromatic carbocycles. The molecular formula is C17H18N2O2S. The predicted octanol–water partition coefficient (Wildman–Crippen LogP) is 3.68. The standard InChI is InChI=1S/C17H18N2O2S/c1-2-19(17(22)18-13-6-4-3-5-7-13)14-8-9-15-16(12-14)21-11-10-20-15/h3-9,12H,2,10-11H2,1H3,(H,18,22). The van der Waals surface area contributed by atoms with Gasteiger partial charge < -0.3 is 19.7 Å². The minimum absolute atomic E-state index is 0.579. The maximum atomic E-state index is 5.64. The Morgan fingerprint density at radius 1 is 1.09 bits per heavy atom. The van der Waals surface area contributed by atoms with Gasteiger partial charge in [0, 0.05) is 24.0 Å². The fourth-order valence-corrected chi connectivity index (χ4v) is 2.71. The fraction of sp³-hybridized carbons (Fsp3) is 0.235. The van der Waals surface area contributed by atoms with Crippen LogP contribution in [0.3, 0.4) is 0 Å². The lowest BCUT2D eigenvalue weighted by molar-refractivity contribution is 0.171. The van der Waals surface area contributed by atoms with Crippen LogP contribution in [0.5, 0.6) is 11.5 Å². The second kappa shape index (κ2) is 6.66. The average molecular weight is 314 g/mol. The van der Waals surface area contributed by atoms with Gasteiger partial charge in [0.25, 0.3) is 0 Å². The minimum atomic E-state index is 0.579. The Bertz CT molecular complexity index is 661. The van der Waals surface area contributed by atoms with E-state index in [-0.39, 0.29) is 0 Å². The summed E-state index contributed by atoms with van der Waals surface area (Å²) in [5, 5.41) is 3.91. The Morgan fingerprint density at radius 3 is 2.55 bits per heavy atom. The van der Waals surface area contributed by atoms with Crippen molar-refractivity contribution in [2.75, 3.05) is 30.0 Å². The van der Waals surface area contributed by atoms with Gasteiger partial charge in [0.1, 0.15) is 13.2 Å². The summed E-state index contributed by atoms with van der Waals surface area (Å²) in [6.07, 6.45) is 0. The molecule has 3 rings (SSSR count). The van der Waals surface area contributed by atoms with E-state index in [1.165, 1.54) is 0 Å². The number of nitrogens with zero attached hydrogens (tertiary/aromatic N) is 1. The quantitative estimate of drug-likeness (QED) is 0.874. The van der Waals surface area contributed by atoms with Crippen LogP contribution in [0.2, 0.25) is 0 Å². The monoisotopic (exact) mass is 314 g/mol. The first-order chi connectivity index (χ1) is 10.8. The van der Waals surface area contributed by atoms with Gasteiger partial charge in [-0.2, -0.15) is 0 Å². The molecule has 0 radical (unpaired) electrons. The van der Waals surface area contributed by atoms with E-state index in [9.17, 15) is 0 Å². The molecule has 1 aliphatic heterocycles. The van der Waals surface area contributed by atoms with Crippen LogP contribution in [0, 0.1) is 0 Å². The molecule has 0 amide bonds. The maximum absolute atomic E-state index is 5.64. The molecule has 0 saturated heterocycles. The first-order valence-corrected chi connectivity index (χ1v) is 7.72. The molecule has 0 spiro atoms. The van der Waals surface area contributed by atoms with Crippen molar-refractivity contribution in [2.45, 2.75) is 6.92 Å². The Morgan fingerprint density at radius 2 is 1.82 bits per heavy atom. The van der Waals surface area contributed by atoms with Crippen LogP contribution in [-0.2, 0) is 0 Å². The van der Waals surface area contributed by atoms with E-state index in [1.54, 1.807) is 0 Å². The zero-order chi connectivity index (χ0) is 15.4. The molecule has 0 saturated carbocycles. The molecule has 0 bridgehead atoms. The molecule has 5 heteroatoms. The summed E-state index contributed by atoms with van der Waals surface area (Å²) in [6, 6.07) is 15.8. The molecule has 0 aromatic heterocycles. The van der Waals surface area contributed by atoms with Crippen molar-refractivity contribution < 1.29 is 9.47 Å². The molecule has 0 unspecified atom stereocenters. The van der Waals surface area contributed by atoms with Crippen LogP contribution in [0.1, 0.15) is 6.92 Å². The molecule has 1 heterocycles. The predicted molar refractivity (Wildman–Crippen MR) is 93.1 cm³/mol. The number of anilines is 2. The summed E-state index contributed by atoms with van der Waals surface area (Å²) < 4.78 is 11.2. The van der Waals surface area contributed by atoms with Crippen molar-refractivity contribution in [2.24, 2.45) is 0 Å². The summed E-state index contributed by atoms with van der Waals surface area (Å²) in [5.74, 6) is 1.55. The van der Waals surface area contributed by atoms with E-state index in [2.05, 4.69) is 12.2 Å². The van der Waals surface area contributed by atoms with Crippen LogP contribution in [-0.4, -0.2) is 24.9 Å². The summed E-state index contributed by atoms with van der Waals surface area (Å²) in [4.78, 5) is 2.03. The topological polar surface area (TPSA) is 33.7 Å². The molecule has 4 nitrogen and oxygen atoms in total. The highest BCUT2D eigenvalue weighted by Crippen LogP contribution is 2.34. The molecule has 1 aliphatic rings. The highest BCUT2D eigenvalue weighted by Gasteiger charge is 2.16. The average Bonchev–Trinajstić information content (AvgIpc) is 2.56. The minimum Gasteiger partial charge on any atom is -0.486 e. The molecule has 0 fully saturated rings. The van der Waals surface area contributed by atoms with Crippen molar-refractivity contribution in [3.63, 3.8) is 0 Å². The summed E-state index contributed by atoms with van der Waals surface area (Å²) in [5.41, 5.74) is 1.96. The van der Waals surface area contributed by atoms with Crippen molar-refractivity contribution >= 4 is 28.7 Å². The number of thiocarbonyl (C=S) groups is 1. The number of hydrogen-bond acceptors (Lipinski definition) is 3. The second-order valence-corrected chi connectivity index (χ2v) is 5.26. The van der Waals surface area contributed by atoms with Gasteiger partial charge in [-0.25, -0.2) is 0 Å². The third kappa shape index (κ3) is 3.14. The van der Waals surface area contributed by atoms with E-state index in [0.29, 0.717) is 18.3 Å². The van der Waals surface area contributed by atoms with Gasteiger partial charge in [0.2, 0.25) is 0 Å². The SMILES string of the molecule is CCN(C(=S)Nc1ccccc1)c1ccc2c(c1)OCCO2. The lowest BCUT2D eigenvalue weighted by Crippen LogP contribution is -2.34. The fourth-order valence-electron chi connectivity index (χ4n) is 2.36. The van der Waals surface area contributed by atoms with Gasteiger partial charge in [0.15, 0.2) is 16.6 Å². The van der Waals surface area contributed by atoms with Gasteiger partial charge in [-0.05, 0) is 43.4 Å². The third-order valence-corrected chi connectivity index (χ3v) is 3.75. The number of rotatable bonds is 3. The van der Waals surface area contributed by atoms with E-state index in [4.69, 9.17) is 21.7 Å². The van der Waals surface area contributed by atoms with Gasteiger partial charge in [-0.1, -0.05) is 18.2 Å². The second-order valence-electron chi connectivity index (χ2n) is 4.87. The Hall–Kier alpha value is -2.27. The number of hydrogen-bond donors (Lipinski definition) is 1. The van der Waals surface area contributed by atoms with Crippen molar-refractivity contribution in [1.82, 2.24) is 0 Å².